The first-order valence-electron chi connectivity index (χ1n) is 10.3. The van der Waals surface area contributed by atoms with Crippen molar-refractivity contribution in [3.8, 4) is 17.2 Å². The molecule has 0 saturated heterocycles. The Labute approximate surface area is 197 Å². The summed E-state index contributed by atoms with van der Waals surface area (Å²) in [5.74, 6) is 2.47. The lowest BCUT2D eigenvalue weighted by atomic mass is 9.65. The van der Waals surface area contributed by atoms with Crippen LogP contribution in [0.15, 0.2) is 102 Å². The van der Waals surface area contributed by atoms with Gasteiger partial charge in [-0.1, -0.05) is 64.5 Å². The van der Waals surface area contributed by atoms with Crippen molar-refractivity contribution in [1.82, 2.24) is 0 Å². The molecule has 0 bridgehead atoms. The Kier molecular flexibility index (Phi) is 6.52. The van der Waals surface area contributed by atoms with E-state index < -0.39 is 5.41 Å². The predicted molar refractivity (Wildman–Crippen MR) is 132 cm³/mol. The van der Waals surface area contributed by atoms with Crippen LogP contribution in [0.1, 0.15) is 22.3 Å². The third-order valence-corrected chi connectivity index (χ3v) is 6.37. The van der Waals surface area contributed by atoms with Gasteiger partial charge in [-0.2, -0.15) is 0 Å². The van der Waals surface area contributed by atoms with Gasteiger partial charge in [-0.25, -0.2) is 0 Å². The molecule has 0 aliphatic heterocycles. The van der Waals surface area contributed by atoms with E-state index in [2.05, 4.69) is 76.6 Å². The molecule has 0 saturated carbocycles. The minimum absolute atomic E-state index is 0.550. The van der Waals surface area contributed by atoms with Crippen LogP contribution in [0.5, 0.6) is 17.2 Å². The Morgan fingerprint density at radius 2 is 0.688 bits per heavy atom. The first-order valence-corrected chi connectivity index (χ1v) is 11.1. The lowest BCUT2D eigenvalue weighted by molar-refractivity contribution is 0.414. The van der Waals surface area contributed by atoms with Crippen molar-refractivity contribution in [3.05, 3.63) is 124 Å². The van der Waals surface area contributed by atoms with Crippen molar-refractivity contribution in [2.45, 2.75) is 5.41 Å². The van der Waals surface area contributed by atoms with Gasteiger partial charge in [-0.15, -0.1) is 0 Å². The van der Waals surface area contributed by atoms with Crippen molar-refractivity contribution in [2.24, 2.45) is 0 Å². The number of benzene rings is 4. The molecule has 0 N–H and O–H groups in total. The quantitative estimate of drug-likeness (QED) is 0.266. The standard InChI is InChI=1S/C28H25BrO3/c1-30-25-14-6-21(7-15-25)28(20-4-12-24(29)13-5-20,22-8-16-26(31-2)17-9-22)23-10-18-27(32-3)19-11-23/h4-19H,1-3H3. The number of methoxy groups -OCH3 is 3. The summed E-state index contributed by atoms with van der Waals surface area (Å²) in [7, 11) is 5.05. The molecule has 4 aromatic carbocycles. The zero-order valence-corrected chi connectivity index (χ0v) is 19.9. The molecule has 4 aromatic rings. The van der Waals surface area contributed by atoms with E-state index in [0.29, 0.717) is 0 Å². The summed E-state index contributed by atoms with van der Waals surface area (Å²) in [6.07, 6.45) is 0. The Bertz CT molecular complexity index is 1030. The molecule has 0 aromatic heterocycles. The first-order chi connectivity index (χ1) is 15.6. The second-order valence-electron chi connectivity index (χ2n) is 7.44. The van der Waals surface area contributed by atoms with Gasteiger partial charge in [0.15, 0.2) is 0 Å². The number of halogens is 1. The van der Waals surface area contributed by atoms with E-state index in [1.165, 1.54) is 0 Å². The third-order valence-electron chi connectivity index (χ3n) is 5.85. The molecule has 162 valence electrons. The molecule has 0 atom stereocenters. The lowest BCUT2D eigenvalue weighted by Crippen LogP contribution is -2.31. The van der Waals surface area contributed by atoms with E-state index in [4.69, 9.17) is 14.2 Å². The summed E-state index contributed by atoms with van der Waals surface area (Å²) < 4.78 is 17.3. The SMILES string of the molecule is COc1ccc(C(c2ccc(Br)cc2)(c2ccc(OC)cc2)c2ccc(OC)cc2)cc1. The van der Waals surface area contributed by atoms with Gasteiger partial charge in [-0.3, -0.25) is 0 Å². The van der Waals surface area contributed by atoms with Crippen LogP contribution in [-0.2, 0) is 5.41 Å². The maximum absolute atomic E-state index is 5.44. The van der Waals surface area contributed by atoms with Crippen LogP contribution >= 0.6 is 15.9 Å². The molecule has 0 unspecified atom stereocenters. The summed E-state index contributed by atoms with van der Waals surface area (Å²) in [5, 5.41) is 0. The van der Waals surface area contributed by atoms with E-state index in [9.17, 15) is 0 Å². The molecule has 0 aliphatic rings. The molecule has 0 heterocycles. The number of ether oxygens (including phenoxy) is 3. The monoisotopic (exact) mass is 488 g/mol. The summed E-state index contributed by atoms with van der Waals surface area (Å²) in [6, 6.07) is 33.4. The van der Waals surface area contributed by atoms with Crippen LogP contribution in [-0.4, -0.2) is 21.3 Å². The minimum Gasteiger partial charge on any atom is -0.497 e. The summed E-state index contributed by atoms with van der Waals surface area (Å²) >= 11 is 3.59. The van der Waals surface area contributed by atoms with Gasteiger partial charge in [0.25, 0.3) is 0 Å². The van der Waals surface area contributed by atoms with E-state index >= 15 is 0 Å². The van der Waals surface area contributed by atoms with E-state index in [1.807, 2.05) is 36.4 Å². The highest BCUT2D eigenvalue weighted by molar-refractivity contribution is 9.10. The van der Waals surface area contributed by atoms with Crippen molar-refractivity contribution in [1.29, 1.82) is 0 Å². The summed E-state index contributed by atoms with van der Waals surface area (Å²) in [4.78, 5) is 0. The van der Waals surface area contributed by atoms with Crippen LogP contribution in [0.4, 0.5) is 0 Å². The topological polar surface area (TPSA) is 27.7 Å². The average Bonchev–Trinajstić information content (AvgIpc) is 2.86. The Morgan fingerprint density at radius 1 is 0.438 bits per heavy atom. The van der Waals surface area contributed by atoms with Crippen molar-refractivity contribution >= 4 is 15.9 Å². The molecule has 4 heteroatoms. The maximum Gasteiger partial charge on any atom is 0.118 e. The molecule has 0 aliphatic carbocycles. The number of hydrogen-bond donors (Lipinski definition) is 0. The molecule has 0 radical (unpaired) electrons. The molecule has 32 heavy (non-hydrogen) atoms. The van der Waals surface area contributed by atoms with Crippen molar-refractivity contribution in [2.75, 3.05) is 21.3 Å². The largest absolute Gasteiger partial charge is 0.497 e. The second kappa shape index (κ2) is 9.49. The smallest absolute Gasteiger partial charge is 0.118 e. The fourth-order valence-electron chi connectivity index (χ4n) is 4.22. The zero-order valence-electron chi connectivity index (χ0n) is 18.3. The summed E-state index contributed by atoms with van der Waals surface area (Å²) in [6.45, 7) is 0. The first kappa shape index (κ1) is 22.0. The number of rotatable bonds is 7. The van der Waals surface area contributed by atoms with Gasteiger partial charge in [0.2, 0.25) is 0 Å². The van der Waals surface area contributed by atoms with Gasteiger partial charge in [0, 0.05) is 4.47 Å². The lowest BCUT2D eigenvalue weighted by Gasteiger charge is -2.37. The molecule has 0 fully saturated rings. The van der Waals surface area contributed by atoms with Crippen LogP contribution < -0.4 is 14.2 Å². The molecule has 3 nitrogen and oxygen atoms in total. The highest BCUT2D eigenvalue weighted by atomic mass is 79.9. The molecular weight excluding hydrogens is 464 g/mol. The molecular formula is C28H25BrO3. The second-order valence-corrected chi connectivity index (χ2v) is 8.36. The Balaban J connectivity index is 2.06. The van der Waals surface area contributed by atoms with Crippen molar-refractivity contribution < 1.29 is 14.2 Å². The fraction of sp³-hybridized carbons (Fsp3) is 0.143. The Morgan fingerprint density at radius 3 is 0.938 bits per heavy atom. The van der Waals surface area contributed by atoms with Gasteiger partial charge < -0.3 is 14.2 Å². The normalized spacial score (nSPS) is 11.1. The number of hydrogen-bond acceptors (Lipinski definition) is 3. The van der Waals surface area contributed by atoms with Crippen LogP contribution in [0.25, 0.3) is 0 Å². The molecule has 0 spiro atoms. The van der Waals surface area contributed by atoms with E-state index in [1.54, 1.807) is 21.3 Å². The van der Waals surface area contributed by atoms with Gasteiger partial charge in [0.05, 0.1) is 26.7 Å². The van der Waals surface area contributed by atoms with Gasteiger partial charge >= 0.3 is 0 Å². The van der Waals surface area contributed by atoms with Crippen LogP contribution in [0.3, 0.4) is 0 Å². The average molecular weight is 489 g/mol. The van der Waals surface area contributed by atoms with E-state index in [-0.39, 0.29) is 0 Å². The fourth-order valence-corrected chi connectivity index (χ4v) is 4.49. The van der Waals surface area contributed by atoms with Gasteiger partial charge in [0.1, 0.15) is 17.2 Å². The predicted octanol–water partition coefficient (Wildman–Crippen LogP) is 6.86. The van der Waals surface area contributed by atoms with Crippen LogP contribution in [0.2, 0.25) is 0 Å². The Hall–Kier alpha value is -3.24. The van der Waals surface area contributed by atoms with Crippen molar-refractivity contribution in [3.63, 3.8) is 0 Å². The highest BCUT2D eigenvalue weighted by Gasteiger charge is 2.38. The molecule has 4 rings (SSSR count). The summed E-state index contributed by atoms with van der Waals surface area (Å²) in [5.41, 5.74) is 4.01. The molecule has 0 amide bonds. The maximum atomic E-state index is 5.44. The van der Waals surface area contributed by atoms with E-state index in [0.717, 1.165) is 44.0 Å². The third kappa shape index (κ3) is 3.98. The zero-order chi connectivity index (χ0) is 22.6. The van der Waals surface area contributed by atoms with Crippen LogP contribution in [0, 0.1) is 0 Å². The van der Waals surface area contributed by atoms with Gasteiger partial charge in [-0.05, 0) is 70.8 Å². The minimum atomic E-state index is -0.550. The highest BCUT2D eigenvalue weighted by Crippen LogP contribution is 2.46.